The largest absolute Gasteiger partial charge is 0.497 e. The van der Waals surface area contributed by atoms with Crippen LogP contribution < -0.4 is 9.47 Å². The molecule has 4 rings (SSSR count). The summed E-state index contributed by atoms with van der Waals surface area (Å²) in [5, 5.41) is 1.20. The molecule has 27 heavy (non-hydrogen) atoms. The molecule has 0 spiro atoms. The van der Waals surface area contributed by atoms with Crippen molar-refractivity contribution < 1.29 is 14.3 Å². The van der Waals surface area contributed by atoms with Gasteiger partial charge in [0.1, 0.15) is 11.5 Å². The molecular weight excluding hydrogens is 340 g/mol. The van der Waals surface area contributed by atoms with E-state index in [-0.39, 0.29) is 5.91 Å². The predicted molar refractivity (Wildman–Crippen MR) is 106 cm³/mol. The smallest absolute Gasteiger partial charge is 0.246 e. The molecule has 0 bridgehead atoms. The van der Waals surface area contributed by atoms with Gasteiger partial charge in [-0.1, -0.05) is 18.2 Å². The van der Waals surface area contributed by atoms with Crippen LogP contribution in [-0.2, 0) is 17.8 Å². The Morgan fingerprint density at radius 3 is 2.81 bits per heavy atom. The Morgan fingerprint density at radius 2 is 2.00 bits per heavy atom. The van der Waals surface area contributed by atoms with Crippen LogP contribution in [0.2, 0.25) is 0 Å². The van der Waals surface area contributed by atoms with E-state index in [1.807, 2.05) is 35.2 Å². The standard InChI is InChI=1S/C22H22N2O3/c1-26-16-9-7-15(21(13-16)27-2)8-10-22(25)24-12-11-20-18(14-24)17-5-3-4-6-19(17)23-20/h3-10,13,23H,11-12,14H2,1-2H3. The third-order valence-electron chi connectivity index (χ3n) is 5.04. The van der Waals surface area contributed by atoms with Gasteiger partial charge < -0.3 is 19.4 Å². The minimum Gasteiger partial charge on any atom is -0.497 e. The molecule has 138 valence electrons. The van der Waals surface area contributed by atoms with Crippen LogP contribution in [0.1, 0.15) is 16.8 Å². The van der Waals surface area contributed by atoms with E-state index in [4.69, 9.17) is 9.47 Å². The van der Waals surface area contributed by atoms with Gasteiger partial charge in [0.15, 0.2) is 0 Å². The normalized spacial score (nSPS) is 13.8. The number of para-hydroxylation sites is 1. The summed E-state index contributed by atoms with van der Waals surface area (Å²) in [7, 11) is 3.22. The molecule has 0 saturated heterocycles. The molecule has 1 N–H and O–H groups in total. The molecular formula is C22H22N2O3. The van der Waals surface area contributed by atoms with Crippen molar-refractivity contribution in [1.82, 2.24) is 9.88 Å². The first-order valence-corrected chi connectivity index (χ1v) is 8.97. The highest BCUT2D eigenvalue weighted by Gasteiger charge is 2.22. The number of carbonyl (C=O) groups excluding carboxylic acids is 1. The van der Waals surface area contributed by atoms with Crippen molar-refractivity contribution in [1.29, 1.82) is 0 Å². The molecule has 0 fully saturated rings. The Balaban J connectivity index is 1.53. The molecule has 2 aromatic carbocycles. The van der Waals surface area contributed by atoms with Gasteiger partial charge in [0, 0.05) is 59.4 Å². The van der Waals surface area contributed by atoms with E-state index in [2.05, 4.69) is 17.1 Å². The molecule has 0 unspecified atom stereocenters. The quantitative estimate of drug-likeness (QED) is 0.719. The first-order valence-electron chi connectivity index (χ1n) is 8.97. The number of nitrogens with one attached hydrogen (secondary N) is 1. The predicted octanol–water partition coefficient (Wildman–Crippen LogP) is 3.78. The van der Waals surface area contributed by atoms with E-state index in [1.54, 1.807) is 26.4 Å². The van der Waals surface area contributed by atoms with E-state index in [0.29, 0.717) is 18.8 Å². The minimum absolute atomic E-state index is 0.00352. The Hall–Kier alpha value is -3.21. The third-order valence-corrected chi connectivity index (χ3v) is 5.04. The lowest BCUT2D eigenvalue weighted by atomic mass is 10.0. The highest BCUT2D eigenvalue weighted by Crippen LogP contribution is 2.28. The number of benzene rings is 2. The van der Waals surface area contributed by atoms with Crippen LogP contribution >= 0.6 is 0 Å². The van der Waals surface area contributed by atoms with Gasteiger partial charge in [-0.15, -0.1) is 0 Å². The molecule has 1 aliphatic heterocycles. The average Bonchev–Trinajstić information content (AvgIpc) is 3.09. The lowest BCUT2D eigenvalue weighted by Gasteiger charge is -2.26. The second kappa shape index (κ2) is 7.19. The van der Waals surface area contributed by atoms with Gasteiger partial charge in [0.25, 0.3) is 0 Å². The maximum atomic E-state index is 12.7. The number of fused-ring (bicyclic) bond motifs is 3. The van der Waals surface area contributed by atoms with Crippen molar-refractivity contribution in [2.75, 3.05) is 20.8 Å². The molecule has 1 amide bonds. The molecule has 1 aliphatic rings. The Kier molecular flexibility index (Phi) is 4.59. The van der Waals surface area contributed by atoms with Crippen molar-refractivity contribution in [3.63, 3.8) is 0 Å². The van der Waals surface area contributed by atoms with Crippen LogP contribution in [0, 0.1) is 0 Å². The number of nitrogens with zero attached hydrogens (tertiary/aromatic N) is 1. The number of hydrogen-bond donors (Lipinski definition) is 1. The Morgan fingerprint density at radius 1 is 1.15 bits per heavy atom. The zero-order chi connectivity index (χ0) is 18.8. The zero-order valence-electron chi connectivity index (χ0n) is 15.5. The van der Waals surface area contributed by atoms with Gasteiger partial charge in [-0.05, 0) is 24.3 Å². The van der Waals surface area contributed by atoms with Gasteiger partial charge in [-0.25, -0.2) is 0 Å². The SMILES string of the molecule is COc1ccc(C=CC(=O)N2CCc3[nH]c4ccccc4c3C2)c(OC)c1. The number of methoxy groups -OCH3 is 2. The molecule has 5 nitrogen and oxygen atoms in total. The fourth-order valence-corrected chi connectivity index (χ4v) is 3.58. The molecule has 0 atom stereocenters. The second-order valence-corrected chi connectivity index (χ2v) is 6.58. The summed E-state index contributed by atoms with van der Waals surface area (Å²) >= 11 is 0. The molecule has 2 heterocycles. The molecule has 0 radical (unpaired) electrons. The summed E-state index contributed by atoms with van der Waals surface area (Å²) in [5.41, 5.74) is 4.44. The van der Waals surface area contributed by atoms with Crippen LogP contribution in [0.25, 0.3) is 17.0 Å². The molecule has 0 saturated carbocycles. The number of aromatic amines is 1. The number of hydrogen-bond acceptors (Lipinski definition) is 3. The number of H-pyrrole nitrogens is 1. The third kappa shape index (κ3) is 3.28. The average molecular weight is 362 g/mol. The Bertz CT molecular complexity index is 1020. The fourth-order valence-electron chi connectivity index (χ4n) is 3.58. The fraction of sp³-hybridized carbons (Fsp3) is 0.227. The summed E-state index contributed by atoms with van der Waals surface area (Å²) in [6.45, 7) is 1.34. The summed E-state index contributed by atoms with van der Waals surface area (Å²) in [5.74, 6) is 1.40. The second-order valence-electron chi connectivity index (χ2n) is 6.58. The van der Waals surface area contributed by atoms with E-state index in [9.17, 15) is 4.79 Å². The van der Waals surface area contributed by atoms with Gasteiger partial charge in [-0.2, -0.15) is 0 Å². The molecule has 5 heteroatoms. The highest BCUT2D eigenvalue weighted by atomic mass is 16.5. The van der Waals surface area contributed by atoms with Crippen LogP contribution in [0.4, 0.5) is 0 Å². The number of aromatic nitrogens is 1. The maximum absolute atomic E-state index is 12.7. The van der Waals surface area contributed by atoms with Crippen molar-refractivity contribution >= 4 is 22.9 Å². The van der Waals surface area contributed by atoms with Crippen molar-refractivity contribution in [3.05, 3.63) is 65.4 Å². The lowest BCUT2D eigenvalue weighted by Crippen LogP contribution is -2.34. The van der Waals surface area contributed by atoms with Gasteiger partial charge in [-0.3, -0.25) is 4.79 Å². The number of ether oxygens (including phenoxy) is 2. The monoisotopic (exact) mass is 362 g/mol. The van der Waals surface area contributed by atoms with Crippen LogP contribution in [0.15, 0.2) is 48.5 Å². The van der Waals surface area contributed by atoms with Gasteiger partial charge in [0.05, 0.1) is 14.2 Å². The zero-order valence-corrected chi connectivity index (χ0v) is 15.5. The number of carbonyl (C=O) groups is 1. The van der Waals surface area contributed by atoms with Crippen molar-refractivity contribution in [2.24, 2.45) is 0 Å². The van der Waals surface area contributed by atoms with E-state index in [1.165, 1.54) is 16.6 Å². The van der Waals surface area contributed by atoms with Crippen LogP contribution in [-0.4, -0.2) is 36.6 Å². The van der Waals surface area contributed by atoms with Crippen molar-refractivity contribution in [3.8, 4) is 11.5 Å². The van der Waals surface area contributed by atoms with Crippen LogP contribution in [0.5, 0.6) is 11.5 Å². The van der Waals surface area contributed by atoms with Crippen LogP contribution in [0.3, 0.4) is 0 Å². The topological polar surface area (TPSA) is 54.6 Å². The number of amides is 1. The summed E-state index contributed by atoms with van der Waals surface area (Å²) in [4.78, 5) is 18.1. The van der Waals surface area contributed by atoms with E-state index < -0.39 is 0 Å². The van der Waals surface area contributed by atoms with Crippen molar-refractivity contribution in [2.45, 2.75) is 13.0 Å². The number of rotatable bonds is 4. The van der Waals surface area contributed by atoms with Gasteiger partial charge in [0.2, 0.25) is 5.91 Å². The van der Waals surface area contributed by atoms with E-state index in [0.717, 1.165) is 23.3 Å². The Labute approximate surface area is 158 Å². The first kappa shape index (κ1) is 17.2. The highest BCUT2D eigenvalue weighted by molar-refractivity contribution is 5.93. The van der Waals surface area contributed by atoms with E-state index >= 15 is 0 Å². The minimum atomic E-state index is 0.00352. The maximum Gasteiger partial charge on any atom is 0.246 e. The summed E-state index contributed by atoms with van der Waals surface area (Å²) < 4.78 is 10.6. The first-order chi connectivity index (χ1) is 13.2. The summed E-state index contributed by atoms with van der Waals surface area (Å²) in [6.07, 6.45) is 4.25. The lowest BCUT2D eigenvalue weighted by molar-refractivity contribution is -0.126. The summed E-state index contributed by atoms with van der Waals surface area (Å²) in [6, 6.07) is 13.8. The van der Waals surface area contributed by atoms with Gasteiger partial charge >= 0.3 is 0 Å². The molecule has 1 aromatic heterocycles. The molecule has 3 aromatic rings. The molecule has 0 aliphatic carbocycles.